The van der Waals surface area contributed by atoms with Gasteiger partial charge in [0.1, 0.15) is 17.6 Å². The molecular formula is C19H21F2N5O2. The fourth-order valence-electron chi connectivity index (χ4n) is 3.57. The number of hydrogen-bond donors (Lipinski definition) is 1. The number of piperidine rings is 1. The highest BCUT2D eigenvalue weighted by atomic mass is 19.3. The molecule has 1 atom stereocenters. The van der Waals surface area contributed by atoms with E-state index in [4.69, 9.17) is 4.74 Å². The maximum Gasteiger partial charge on any atom is 0.297 e. The Labute approximate surface area is 160 Å². The van der Waals surface area contributed by atoms with Crippen molar-refractivity contribution < 1.29 is 13.5 Å². The summed E-state index contributed by atoms with van der Waals surface area (Å²) >= 11 is 0. The summed E-state index contributed by atoms with van der Waals surface area (Å²) in [5, 5.41) is 2.79. The number of ether oxygens (including phenoxy) is 1. The Morgan fingerprint density at radius 3 is 2.71 bits per heavy atom. The number of aromatic amines is 1. The maximum atomic E-state index is 14.8. The lowest BCUT2D eigenvalue weighted by Crippen LogP contribution is -2.54. The van der Waals surface area contributed by atoms with Crippen molar-refractivity contribution >= 4 is 11.5 Å². The molecular weight excluding hydrogens is 368 g/mol. The number of aryl methyl sites for hydroxylation is 2. The van der Waals surface area contributed by atoms with Crippen LogP contribution < -0.4 is 10.5 Å². The van der Waals surface area contributed by atoms with Gasteiger partial charge in [-0.3, -0.25) is 9.89 Å². The standard InChI is InChI=1S/C19H21F2N5O2/c1-12-16(17(27)26-18(22-12)23-13(2)24-26)25-9-8-15(19(20,21)11-25)28-10-14-6-4-3-5-7-14/h3-7,15H,8-11H2,1-2H3,(H,22,23,24). The molecule has 1 aliphatic rings. The van der Waals surface area contributed by atoms with Crippen LogP contribution in [0.5, 0.6) is 0 Å². The molecule has 3 aromatic rings. The van der Waals surface area contributed by atoms with Gasteiger partial charge in [0, 0.05) is 6.54 Å². The van der Waals surface area contributed by atoms with Gasteiger partial charge in [0.25, 0.3) is 17.3 Å². The van der Waals surface area contributed by atoms with E-state index >= 15 is 0 Å². The molecule has 0 saturated carbocycles. The van der Waals surface area contributed by atoms with Crippen molar-refractivity contribution in [3.63, 3.8) is 0 Å². The summed E-state index contributed by atoms with van der Waals surface area (Å²) in [6.07, 6.45) is -1.08. The first-order chi connectivity index (χ1) is 13.3. The fraction of sp³-hybridized carbons (Fsp3) is 0.421. The van der Waals surface area contributed by atoms with Gasteiger partial charge < -0.3 is 9.64 Å². The van der Waals surface area contributed by atoms with Crippen LogP contribution in [0.25, 0.3) is 5.78 Å². The third kappa shape index (κ3) is 3.37. The number of rotatable bonds is 4. The van der Waals surface area contributed by atoms with Crippen molar-refractivity contribution in [1.82, 2.24) is 19.6 Å². The first kappa shape index (κ1) is 18.5. The van der Waals surface area contributed by atoms with Gasteiger partial charge >= 0.3 is 0 Å². The minimum Gasteiger partial charge on any atom is -0.367 e. The van der Waals surface area contributed by atoms with Crippen molar-refractivity contribution in [2.45, 2.75) is 38.9 Å². The number of H-pyrrole nitrogens is 1. The van der Waals surface area contributed by atoms with E-state index in [-0.39, 0.29) is 31.0 Å². The smallest absolute Gasteiger partial charge is 0.297 e. The number of alkyl halides is 2. The Morgan fingerprint density at radius 1 is 1.25 bits per heavy atom. The predicted octanol–water partition coefficient (Wildman–Crippen LogP) is 2.47. The topological polar surface area (TPSA) is 75.5 Å². The Balaban J connectivity index is 1.55. The molecule has 7 nitrogen and oxygen atoms in total. The summed E-state index contributed by atoms with van der Waals surface area (Å²) in [5.41, 5.74) is 0.972. The molecule has 0 bridgehead atoms. The molecule has 148 valence electrons. The molecule has 1 N–H and O–H groups in total. The van der Waals surface area contributed by atoms with Crippen LogP contribution >= 0.6 is 0 Å². The Morgan fingerprint density at radius 2 is 2.00 bits per heavy atom. The minimum absolute atomic E-state index is 0.115. The largest absolute Gasteiger partial charge is 0.367 e. The molecule has 1 aliphatic heterocycles. The van der Waals surface area contributed by atoms with E-state index in [1.54, 1.807) is 13.8 Å². The Hall–Kier alpha value is -2.81. The van der Waals surface area contributed by atoms with E-state index in [1.165, 1.54) is 9.42 Å². The van der Waals surface area contributed by atoms with Crippen LogP contribution in [0.4, 0.5) is 14.5 Å². The van der Waals surface area contributed by atoms with Crippen molar-refractivity contribution in [1.29, 1.82) is 0 Å². The number of benzene rings is 1. The van der Waals surface area contributed by atoms with Gasteiger partial charge in [0.15, 0.2) is 0 Å². The summed E-state index contributed by atoms with van der Waals surface area (Å²) < 4.78 is 36.2. The highest BCUT2D eigenvalue weighted by Crippen LogP contribution is 2.32. The third-order valence-electron chi connectivity index (χ3n) is 4.90. The molecule has 0 radical (unpaired) electrons. The number of fused-ring (bicyclic) bond motifs is 1. The minimum atomic E-state index is -3.09. The zero-order valence-electron chi connectivity index (χ0n) is 15.7. The lowest BCUT2D eigenvalue weighted by Gasteiger charge is -2.39. The lowest BCUT2D eigenvalue weighted by molar-refractivity contribution is -0.148. The molecule has 0 amide bonds. The van der Waals surface area contributed by atoms with E-state index in [0.29, 0.717) is 11.5 Å². The van der Waals surface area contributed by atoms with Crippen LogP contribution in [0, 0.1) is 13.8 Å². The molecule has 0 aliphatic carbocycles. The van der Waals surface area contributed by atoms with Gasteiger partial charge in [0.2, 0.25) is 0 Å². The van der Waals surface area contributed by atoms with Gasteiger partial charge in [-0.25, -0.2) is 13.8 Å². The number of nitrogens with zero attached hydrogens (tertiary/aromatic N) is 4. The van der Waals surface area contributed by atoms with Crippen LogP contribution in [-0.4, -0.2) is 44.7 Å². The van der Waals surface area contributed by atoms with Gasteiger partial charge in [-0.05, 0) is 25.8 Å². The van der Waals surface area contributed by atoms with Crippen molar-refractivity contribution in [2.75, 3.05) is 18.0 Å². The van der Waals surface area contributed by atoms with Crippen LogP contribution in [0.15, 0.2) is 35.1 Å². The molecule has 1 fully saturated rings. The first-order valence-corrected chi connectivity index (χ1v) is 9.09. The van der Waals surface area contributed by atoms with E-state index in [2.05, 4.69) is 15.1 Å². The van der Waals surface area contributed by atoms with Gasteiger partial charge in [-0.15, -0.1) is 0 Å². The van der Waals surface area contributed by atoms with Gasteiger partial charge in [-0.1, -0.05) is 30.3 Å². The predicted molar refractivity (Wildman–Crippen MR) is 99.9 cm³/mol. The average molecular weight is 389 g/mol. The summed E-state index contributed by atoms with van der Waals surface area (Å²) in [7, 11) is 0. The molecule has 9 heteroatoms. The average Bonchev–Trinajstić information content (AvgIpc) is 3.01. The number of hydrogen-bond acceptors (Lipinski definition) is 5. The molecule has 0 spiro atoms. The summed E-state index contributed by atoms with van der Waals surface area (Å²) in [5.74, 6) is -2.33. The summed E-state index contributed by atoms with van der Waals surface area (Å²) in [6.45, 7) is 3.16. The number of aromatic nitrogens is 4. The molecule has 4 rings (SSSR count). The summed E-state index contributed by atoms with van der Waals surface area (Å²) in [4.78, 5) is 22.6. The molecule has 1 saturated heterocycles. The molecule has 3 heterocycles. The van der Waals surface area contributed by atoms with Gasteiger partial charge in [0.05, 0.1) is 18.8 Å². The second-order valence-electron chi connectivity index (χ2n) is 7.05. The van der Waals surface area contributed by atoms with Crippen LogP contribution in [0.1, 0.15) is 23.5 Å². The van der Waals surface area contributed by atoms with Crippen LogP contribution in [0.3, 0.4) is 0 Å². The Bertz CT molecular complexity index is 1050. The number of anilines is 1. The normalized spacial score (nSPS) is 19.3. The van der Waals surface area contributed by atoms with E-state index in [0.717, 1.165) is 5.56 Å². The van der Waals surface area contributed by atoms with Crippen molar-refractivity contribution in [2.24, 2.45) is 0 Å². The van der Waals surface area contributed by atoms with E-state index < -0.39 is 24.1 Å². The van der Waals surface area contributed by atoms with Gasteiger partial charge in [-0.2, -0.15) is 9.50 Å². The highest BCUT2D eigenvalue weighted by molar-refractivity contribution is 5.52. The first-order valence-electron chi connectivity index (χ1n) is 9.09. The molecule has 1 aromatic carbocycles. The van der Waals surface area contributed by atoms with Crippen molar-refractivity contribution in [3.05, 3.63) is 57.8 Å². The summed E-state index contributed by atoms with van der Waals surface area (Å²) in [6, 6.07) is 9.23. The van der Waals surface area contributed by atoms with Crippen molar-refractivity contribution in [3.8, 4) is 0 Å². The van der Waals surface area contributed by atoms with Crippen LogP contribution in [-0.2, 0) is 11.3 Å². The lowest BCUT2D eigenvalue weighted by atomic mass is 10.0. The number of nitrogens with one attached hydrogen (secondary N) is 1. The van der Waals surface area contributed by atoms with E-state index in [9.17, 15) is 13.6 Å². The zero-order valence-corrected chi connectivity index (χ0v) is 15.7. The molecule has 2 aromatic heterocycles. The molecule has 28 heavy (non-hydrogen) atoms. The zero-order chi connectivity index (χ0) is 19.9. The molecule has 1 unspecified atom stereocenters. The number of halogens is 2. The maximum absolute atomic E-state index is 14.8. The quantitative estimate of drug-likeness (QED) is 0.742. The fourth-order valence-corrected chi connectivity index (χ4v) is 3.57. The second kappa shape index (κ2) is 6.97. The van der Waals surface area contributed by atoms with Crippen LogP contribution in [0.2, 0.25) is 0 Å². The van der Waals surface area contributed by atoms with E-state index in [1.807, 2.05) is 30.3 Å². The SMILES string of the molecule is Cc1nc2nc(C)c(N3CCC(OCc4ccccc4)C(F)(F)C3)c(=O)n2[nH]1. The highest BCUT2D eigenvalue weighted by Gasteiger charge is 2.46. The Kier molecular flexibility index (Phi) is 4.62. The second-order valence-corrected chi connectivity index (χ2v) is 7.05. The third-order valence-corrected chi connectivity index (χ3v) is 4.90. The monoisotopic (exact) mass is 389 g/mol.